The molecule has 2 nitrogen and oxygen atoms in total. The van der Waals surface area contributed by atoms with Crippen molar-refractivity contribution in [3.05, 3.63) is 52.2 Å². The summed E-state index contributed by atoms with van der Waals surface area (Å²) >= 11 is 1.66. The first kappa shape index (κ1) is 9.93. The van der Waals surface area contributed by atoms with Crippen LogP contribution in [0.1, 0.15) is 15.2 Å². The molecule has 0 saturated carbocycles. The second kappa shape index (κ2) is 4.75. The van der Waals surface area contributed by atoms with Gasteiger partial charge in [-0.2, -0.15) is 0 Å². The number of rotatable bonds is 4. The molecule has 1 aromatic heterocycles. The summed E-state index contributed by atoms with van der Waals surface area (Å²) in [4.78, 5) is 11.7. The van der Waals surface area contributed by atoms with E-state index in [1.807, 2.05) is 29.6 Å². The van der Waals surface area contributed by atoms with Crippen LogP contribution in [0.2, 0.25) is 0 Å². The van der Waals surface area contributed by atoms with Gasteiger partial charge in [0.25, 0.3) is 0 Å². The van der Waals surface area contributed by atoms with Gasteiger partial charge in [0.15, 0.2) is 0 Å². The van der Waals surface area contributed by atoms with Crippen molar-refractivity contribution in [2.24, 2.45) is 0 Å². The molecule has 0 aliphatic heterocycles. The van der Waals surface area contributed by atoms with Gasteiger partial charge in [-0.15, -0.1) is 11.3 Å². The second-order valence-corrected chi connectivity index (χ2v) is 4.09. The van der Waals surface area contributed by atoms with E-state index in [4.69, 9.17) is 4.74 Å². The highest BCUT2D eigenvalue weighted by molar-refractivity contribution is 7.09. The van der Waals surface area contributed by atoms with E-state index in [0.29, 0.717) is 12.2 Å². The molecule has 1 aromatic carbocycles. The molecular weight excluding hydrogens is 208 g/mol. The van der Waals surface area contributed by atoms with Gasteiger partial charge in [-0.25, -0.2) is 0 Å². The fraction of sp³-hybridized carbons (Fsp3) is 0.0833. The number of carbonyl (C=O) groups is 1. The summed E-state index contributed by atoms with van der Waals surface area (Å²) < 4.78 is 5.54. The standard InChI is InChI=1S/C12H10O2S/c13-8-10-3-1-4-11(7-10)14-9-12-5-2-6-15-12/h1-8H,9H2. The molecule has 0 spiro atoms. The Morgan fingerprint density at radius 3 is 2.93 bits per heavy atom. The molecule has 76 valence electrons. The highest BCUT2D eigenvalue weighted by Crippen LogP contribution is 2.16. The van der Waals surface area contributed by atoms with E-state index in [-0.39, 0.29) is 0 Å². The SMILES string of the molecule is O=Cc1cccc(OCc2cccs2)c1. The maximum atomic E-state index is 10.5. The summed E-state index contributed by atoms with van der Waals surface area (Å²) in [7, 11) is 0. The molecule has 0 bridgehead atoms. The molecule has 0 saturated heterocycles. The molecule has 0 amide bonds. The fourth-order valence-electron chi connectivity index (χ4n) is 1.23. The van der Waals surface area contributed by atoms with Crippen LogP contribution >= 0.6 is 11.3 Å². The largest absolute Gasteiger partial charge is 0.488 e. The first-order chi connectivity index (χ1) is 7.38. The zero-order valence-electron chi connectivity index (χ0n) is 8.05. The van der Waals surface area contributed by atoms with Gasteiger partial charge in [0.1, 0.15) is 18.6 Å². The Balaban J connectivity index is 2.01. The first-order valence-electron chi connectivity index (χ1n) is 4.59. The normalized spacial score (nSPS) is 9.87. The topological polar surface area (TPSA) is 26.3 Å². The minimum atomic E-state index is 0.556. The summed E-state index contributed by atoms with van der Waals surface area (Å²) in [6.07, 6.45) is 0.817. The average molecular weight is 218 g/mol. The van der Waals surface area contributed by atoms with Crippen LogP contribution in [0.15, 0.2) is 41.8 Å². The van der Waals surface area contributed by atoms with Gasteiger partial charge in [-0.1, -0.05) is 18.2 Å². The molecule has 0 atom stereocenters. The third kappa shape index (κ3) is 2.67. The molecule has 15 heavy (non-hydrogen) atoms. The lowest BCUT2D eigenvalue weighted by Gasteiger charge is -2.04. The minimum Gasteiger partial charge on any atom is -0.488 e. The maximum absolute atomic E-state index is 10.5. The number of hydrogen-bond donors (Lipinski definition) is 0. The Hall–Kier alpha value is -1.61. The summed E-state index contributed by atoms with van der Waals surface area (Å²) in [5.41, 5.74) is 0.638. The smallest absolute Gasteiger partial charge is 0.150 e. The Morgan fingerprint density at radius 1 is 1.27 bits per heavy atom. The molecule has 0 radical (unpaired) electrons. The van der Waals surface area contributed by atoms with Crippen molar-refractivity contribution in [2.45, 2.75) is 6.61 Å². The number of carbonyl (C=O) groups excluding carboxylic acids is 1. The number of aldehydes is 1. The van der Waals surface area contributed by atoms with Gasteiger partial charge in [-0.05, 0) is 23.6 Å². The van der Waals surface area contributed by atoms with Crippen LogP contribution in [0.4, 0.5) is 0 Å². The molecule has 2 rings (SSSR count). The minimum absolute atomic E-state index is 0.556. The van der Waals surface area contributed by atoms with Crippen molar-refractivity contribution in [1.82, 2.24) is 0 Å². The first-order valence-corrected chi connectivity index (χ1v) is 5.47. The van der Waals surface area contributed by atoms with Gasteiger partial charge < -0.3 is 4.74 Å². The van der Waals surface area contributed by atoms with Gasteiger partial charge >= 0.3 is 0 Å². The van der Waals surface area contributed by atoms with E-state index in [1.54, 1.807) is 23.5 Å². The summed E-state index contributed by atoms with van der Waals surface area (Å²) in [6.45, 7) is 0.556. The molecule has 2 aromatic rings. The van der Waals surface area contributed by atoms with Crippen molar-refractivity contribution in [1.29, 1.82) is 0 Å². The van der Waals surface area contributed by atoms with E-state index in [0.717, 1.165) is 12.0 Å². The number of benzene rings is 1. The summed E-state index contributed by atoms with van der Waals surface area (Å²) in [5, 5.41) is 2.01. The van der Waals surface area contributed by atoms with Gasteiger partial charge in [0.05, 0.1) is 0 Å². The van der Waals surface area contributed by atoms with E-state index in [1.165, 1.54) is 4.88 Å². The zero-order valence-corrected chi connectivity index (χ0v) is 8.87. The van der Waals surface area contributed by atoms with Crippen LogP contribution in [0.25, 0.3) is 0 Å². The van der Waals surface area contributed by atoms with Crippen LogP contribution in [0.5, 0.6) is 5.75 Å². The highest BCUT2D eigenvalue weighted by Gasteiger charge is 1.97. The van der Waals surface area contributed by atoms with E-state index < -0.39 is 0 Å². The van der Waals surface area contributed by atoms with E-state index >= 15 is 0 Å². The van der Waals surface area contributed by atoms with Crippen molar-refractivity contribution in [3.8, 4) is 5.75 Å². The van der Waals surface area contributed by atoms with Gasteiger partial charge in [0.2, 0.25) is 0 Å². The molecule has 3 heteroatoms. The predicted octanol–water partition coefficient (Wildman–Crippen LogP) is 3.14. The van der Waals surface area contributed by atoms with Crippen molar-refractivity contribution in [3.63, 3.8) is 0 Å². The molecule has 0 aliphatic rings. The van der Waals surface area contributed by atoms with E-state index in [2.05, 4.69) is 0 Å². The third-order valence-electron chi connectivity index (χ3n) is 1.96. The Morgan fingerprint density at radius 2 is 2.20 bits per heavy atom. The monoisotopic (exact) mass is 218 g/mol. The van der Waals surface area contributed by atoms with E-state index in [9.17, 15) is 4.79 Å². The highest BCUT2D eigenvalue weighted by atomic mass is 32.1. The Bertz CT molecular complexity index is 435. The molecular formula is C12H10O2S. The number of hydrogen-bond acceptors (Lipinski definition) is 3. The van der Waals surface area contributed by atoms with Crippen molar-refractivity contribution < 1.29 is 9.53 Å². The summed E-state index contributed by atoms with van der Waals surface area (Å²) in [5.74, 6) is 0.730. The predicted molar refractivity (Wildman–Crippen MR) is 60.5 cm³/mol. The molecule has 0 unspecified atom stereocenters. The van der Waals surface area contributed by atoms with Crippen LogP contribution in [-0.2, 0) is 6.61 Å². The lowest BCUT2D eigenvalue weighted by molar-refractivity contribution is 0.112. The van der Waals surface area contributed by atoms with Crippen LogP contribution in [0, 0.1) is 0 Å². The molecule has 0 aliphatic carbocycles. The molecule has 0 N–H and O–H groups in total. The maximum Gasteiger partial charge on any atom is 0.150 e. The number of ether oxygens (including phenoxy) is 1. The summed E-state index contributed by atoms with van der Waals surface area (Å²) in [6, 6.07) is 11.2. The lowest BCUT2D eigenvalue weighted by Crippen LogP contribution is -1.93. The van der Waals surface area contributed by atoms with Crippen LogP contribution in [-0.4, -0.2) is 6.29 Å². The van der Waals surface area contributed by atoms with Gasteiger partial charge in [0, 0.05) is 10.4 Å². The second-order valence-electron chi connectivity index (χ2n) is 3.06. The zero-order chi connectivity index (χ0) is 10.5. The Kier molecular flexibility index (Phi) is 3.15. The fourth-order valence-corrected chi connectivity index (χ4v) is 1.84. The van der Waals surface area contributed by atoms with Crippen molar-refractivity contribution >= 4 is 17.6 Å². The lowest BCUT2D eigenvalue weighted by atomic mass is 10.2. The molecule has 0 fully saturated rings. The van der Waals surface area contributed by atoms with Crippen molar-refractivity contribution in [2.75, 3.05) is 0 Å². The number of thiophene rings is 1. The third-order valence-corrected chi connectivity index (χ3v) is 2.81. The van der Waals surface area contributed by atoms with Crippen LogP contribution < -0.4 is 4.74 Å². The Labute approximate surface area is 92.1 Å². The molecule has 1 heterocycles. The van der Waals surface area contributed by atoms with Crippen LogP contribution in [0.3, 0.4) is 0 Å². The quantitative estimate of drug-likeness (QED) is 0.737. The van der Waals surface area contributed by atoms with Gasteiger partial charge in [-0.3, -0.25) is 4.79 Å². The average Bonchev–Trinajstić information content (AvgIpc) is 2.79.